The third kappa shape index (κ3) is 2.82. The summed E-state index contributed by atoms with van der Waals surface area (Å²) in [4.78, 5) is 0. The number of allylic oxidation sites excluding steroid dienone is 1. The summed E-state index contributed by atoms with van der Waals surface area (Å²) in [7, 11) is 0. The highest BCUT2D eigenvalue weighted by Crippen LogP contribution is 2.35. The summed E-state index contributed by atoms with van der Waals surface area (Å²) in [5, 5.41) is 9.77. The van der Waals surface area contributed by atoms with Crippen LogP contribution in [0.4, 0.5) is 0 Å². The Morgan fingerprint density at radius 2 is 2.11 bits per heavy atom. The number of aliphatic hydroxyl groups is 1. The van der Waals surface area contributed by atoms with Crippen molar-refractivity contribution in [3.8, 4) is 0 Å². The van der Waals surface area contributed by atoms with Gasteiger partial charge in [0.05, 0.1) is 19.3 Å². The lowest BCUT2D eigenvalue weighted by Gasteiger charge is -2.38. The van der Waals surface area contributed by atoms with Crippen molar-refractivity contribution in [3.63, 3.8) is 0 Å². The van der Waals surface area contributed by atoms with E-state index >= 15 is 0 Å². The number of ether oxygens (including phenoxy) is 1. The molecule has 0 aromatic heterocycles. The van der Waals surface area contributed by atoms with Crippen LogP contribution in [0.5, 0.6) is 0 Å². The molecule has 0 bridgehead atoms. The van der Waals surface area contributed by atoms with E-state index in [0.29, 0.717) is 6.61 Å². The first-order valence-corrected chi connectivity index (χ1v) is 6.59. The Labute approximate surface area is 109 Å². The molecule has 0 amide bonds. The summed E-state index contributed by atoms with van der Waals surface area (Å²) in [6.45, 7) is 4.93. The van der Waals surface area contributed by atoms with Crippen LogP contribution in [0, 0.1) is 0 Å². The molecule has 1 saturated heterocycles. The Balaban J connectivity index is 2.12. The highest BCUT2D eigenvalue weighted by atomic mass is 16.5. The third-order valence-electron chi connectivity index (χ3n) is 3.69. The van der Waals surface area contributed by atoms with Crippen LogP contribution in [0.15, 0.2) is 42.0 Å². The van der Waals surface area contributed by atoms with Crippen molar-refractivity contribution in [2.24, 2.45) is 0 Å². The molecular formula is C16H22O2. The highest BCUT2D eigenvalue weighted by molar-refractivity contribution is 5.26. The van der Waals surface area contributed by atoms with E-state index in [9.17, 15) is 5.11 Å². The molecular weight excluding hydrogens is 224 g/mol. The quantitative estimate of drug-likeness (QED) is 0.831. The van der Waals surface area contributed by atoms with Gasteiger partial charge < -0.3 is 9.84 Å². The minimum atomic E-state index is -0.215. The van der Waals surface area contributed by atoms with Gasteiger partial charge in [0.2, 0.25) is 0 Å². The molecule has 1 N–H and O–H groups in total. The zero-order valence-corrected chi connectivity index (χ0v) is 11.2. The summed E-state index contributed by atoms with van der Waals surface area (Å²) in [6.07, 6.45) is 4.33. The Morgan fingerprint density at radius 1 is 1.39 bits per heavy atom. The van der Waals surface area contributed by atoms with Gasteiger partial charge in [0.15, 0.2) is 0 Å². The summed E-state index contributed by atoms with van der Waals surface area (Å²) >= 11 is 0. The second-order valence-corrected chi connectivity index (χ2v) is 5.44. The predicted octanol–water partition coefficient (Wildman–Crippen LogP) is 3.06. The van der Waals surface area contributed by atoms with Crippen LogP contribution < -0.4 is 0 Å². The van der Waals surface area contributed by atoms with E-state index in [4.69, 9.17) is 4.74 Å². The van der Waals surface area contributed by atoms with Gasteiger partial charge in [-0.1, -0.05) is 42.0 Å². The molecule has 1 aliphatic rings. The Morgan fingerprint density at radius 3 is 2.61 bits per heavy atom. The molecule has 1 aliphatic heterocycles. The van der Waals surface area contributed by atoms with Gasteiger partial charge in [0.25, 0.3) is 0 Å². The first kappa shape index (κ1) is 13.3. The van der Waals surface area contributed by atoms with E-state index in [1.54, 1.807) is 0 Å². The lowest BCUT2D eigenvalue weighted by Crippen LogP contribution is -2.42. The van der Waals surface area contributed by atoms with Gasteiger partial charge in [-0.05, 0) is 32.3 Å². The van der Waals surface area contributed by atoms with Gasteiger partial charge in [-0.25, -0.2) is 0 Å². The SMILES string of the molecule is CC(C)=CC1CC[C@](CO)(c2ccccc2)CO1. The van der Waals surface area contributed by atoms with Crippen LogP contribution in [0.1, 0.15) is 32.3 Å². The molecule has 0 spiro atoms. The molecule has 2 atom stereocenters. The lowest BCUT2D eigenvalue weighted by atomic mass is 9.76. The van der Waals surface area contributed by atoms with E-state index in [1.807, 2.05) is 18.2 Å². The molecule has 98 valence electrons. The molecule has 1 aromatic rings. The van der Waals surface area contributed by atoms with Crippen LogP contribution in [-0.2, 0) is 10.2 Å². The molecule has 1 unspecified atom stereocenters. The lowest BCUT2D eigenvalue weighted by molar-refractivity contribution is -0.0266. The van der Waals surface area contributed by atoms with Crippen molar-refractivity contribution in [2.75, 3.05) is 13.2 Å². The molecule has 2 rings (SSSR count). The van der Waals surface area contributed by atoms with Crippen molar-refractivity contribution in [3.05, 3.63) is 47.5 Å². The maximum absolute atomic E-state index is 9.77. The van der Waals surface area contributed by atoms with Gasteiger partial charge in [-0.2, -0.15) is 0 Å². The predicted molar refractivity (Wildman–Crippen MR) is 73.6 cm³/mol. The minimum absolute atomic E-state index is 0.151. The number of benzene rings is 1. The average Bonchev–Trinajstić information content (AvgIpc) is 2.40. The van der Waals surface area contributed by atoms with E-state index in [0.717, 1.165) is 12.8 Å². The molecule has 1 fully saturated rings. The molecule has 1 heterocycles. The number of hydrogen-bond donors (Lipinski definition) is 1. The standard InChI is InChI=1S/C16H22O2/c1-13(2)10-15-8-9-16(11-17,12-18-15)14-6-4-3-5-7-14/h3-7,10,15,17H,8-9,11-12H2,1-2H3/t15?,16-/m1/s1. The van der Waals surface area contributed by atoms with Gasteiger partial charge >= 0.3 is 0 Å². The smallest absolute Gasteiger partial charge is 0.0759 e. The maximum atomic E-state index is 9.77. The molecule has 18 heavy (non-hydrogen) atoms. The second-order valence-electron chi connectivity index (χ2n) is 5.44. The van der Waals surface area contributed by atoms with Gasteiger partial charge in [0, 0.05) is 5.41 Å². The zero-order valence-electron chi connectivity index (χ0n) is 11.2. The van der Waals surface area contributed by atoms with Crippen LogP contribution in [0.3, 0.4) is 0 Å². The molecule has 2 heteroatoms. The molecule has 2 nitrogen and oxygen atoms in total. The van der Waals surface area contributed by atoms with Gasteiger partial charge in [-0.3, -0.25) is 0 Å². The van der Waals surface area contributed by atoms with Gasteiger partial charge in [0.1, 0.15) is 0 Å². The third-order valence-corrected chi connectivity index (χ3v) is 3.69. The molecule has 0 saturated carbocycles. The summed E-state index contributed by atoms with van der Waals surface area (Å²) in [5.74, 6) is 0. The topological polar surface area (TPSA) is 29.5 Å². The van der Waals surface area contributed by atoms with Crippen LogP contribution >= 0.6 is 0 Å². The first-order valence-electron chi connectivity index (χ1n) is 6.59. The van der Waals surface area contributed by atoms with Crippen molar-refractivity contribution >= 4 is 0 Å². The van der Waals surface area contributed by atoms with Crippen LogP contribution in [0.2, 0.25) is 0 Å². The van der Waals surface area contributed by atoms with Crippen molar-refractivity contribution < 1.29 is 9.84 Å². The fourth-order valence-electron chi connectivity index (χ4n) is 2.58. The van der Waals surface area contributed by atoms with Crippen molar-refractivity contribution in [2.45, 2.75) is 38.2 Å². The van der Waals surface area contributed by atoms with Crippen molar-refractivity contribution in [1.29, 1.82) is 0 Å². The second kappa shape index (κ2) is 5.68. The average molecular weight is 246 g/mol. The maximum Gasteiger partial charge on any atom is 0.0759 e. The Bertz CT molecular complexity index is 396. The monoisotopic (exact) mass is 246 g/mol. The molecule has 0 radical (unpaired) electrons. The van der Waals surface area contributed by atoms with Crippen molar-refractivity contribution in [1.82, 2.24) is 0 Å². The fourth-order valence-corrected chi connectivity index (χ4v) is 2.58. The van der Waals surface area contributed by atoms with Crippen LogP contribution in [0.25, 0.3) is 0 Å². The van der Waals surface area contributed by atoms with Crippen LogP contribution in [-0.4, -0.2) is 24.4 Å². The summed E-state index contributed by atoms with van der Waals surface area (Å²) < 4.78 is 5.91. The largest absolute Gasteiger partial charge is 0.395 e. The fraction of sp³-hybridized carbons (Fsp3) is 0.500. The van der Waals surface area contributed by atoms with E-state index < -0.39 is 0 Å². The summed E-state index contributed by atoms with van der Waals surface area (Å²) in [5.41, 5.74) is 2.26. The van der Waals surface area contributed by atoms with Gasteiger partial charge in [-0.15, -0.1) is 0 Å². The highest BCUT2D eigenvalue weighted by Gasteiger charge is 2.36. The number of hydrogen-bond acceptors (Lipinski definition) is 2. The molecule has 0 aliphatic carbocycles. The van der Waals surface area contributed by atoms with E-state index in [-0.39, 0.29) is 18.1 Å². The van der Waals surface area contributed by atoms with E-state index in [1.165, 1.54) is 11.1 Å². The Kier molecular flexibility index (Phi) is 4.20. The zero-order chi connectivity index (χ0) is 13.0. The Hall–Kier alpha value is -1.12. The first-order chi connectivity index (χ1) is 8.66. The number of rotatable bonds is 3. The van der Waals surface area contributed by atoms with E-state index in [2.05, 4.69) is 32.1 Å². The number of aliphatic hydroxyl groups excluding tert-OH is 1. The molecule has 1 aromatic carbocycles. The minimum Gasteiger partial charge on any atom is -0.395 e. The summed E-state index contributed by atoms with van der Waals surface area (Å²) in [6, 6.07) is 10.2. The normalized spacial score (nSPS) is 27.8.